The number of alkyl halides is 1. The summed E-state index contributed by atoms with van der Waals surface area (Å²) in [6.07, 6.45) is 1.63. The molecule has 0 unspecified atom stereocenters. The molecule has 1 amide bonds. The van der Waals surface area contributed by atoms with Crippen molar-refractivity contribution in [2.45, 2.75) is 0 Å². The van der Waals surface area contributed by atoms with Gasteiger partial charge in [-0.3, -0.25) is 9.48 Å². The van der Waals surface area contributed by atoms with Gasteiger partial charge in [-0.25, -0.2) is 0 Å². The number of amides is 1. The van der Waals surface area contributed by atoms with Crippen LogP contribution >= 0.6 is 11.6 Å². The number of halogens is 1. The van der Waals surface area contributed by atoms with Crippen LogP contribution < -0.4 is 0 Å². The predicted octanol–water partition coefficient (Wildman–Crippen LogP) is 0.731. The van der Waals surface area contributed by atoms with Crippen LogP contribution in [-0.2, 0) is 7.05 Å². The highest BCUT2D eigenvalue weighted by Gasteiger charge is 2.31. The molecule has 0 spiro atoms. The molecule has 5 heteroatoms. The molecule has 4 nitrogen and oxygen atoms in total. The van der Waals surface area contributed by atoms with Gasteiger partial charge in [-0.1, -0.05) is 0 Å². The largest absolute Gasteiger partial charge is 0.337 e. The highest BCUT2D eigenvalue weighted by Crippen LogP contribution is 2.19. The molecule has 2 heterocycles. The van der Waals surface area contributed by atoms with Crippen LogP contribution in [0.4, 0.5) is 0 Å². The van der Waals surface area contributed by atoms with Crippen LogP contribution in [0, 0.1) is 5.92 Å². The van der Waals surface area contributed by atoms with Crippen molar-refractivity contribution in [3.05, 3.63) is 18.0 Å². The van der Waals surface area contributed by atoms with E-state index in [9.17, 15) is 4.79 Å². The second-order valence-corrected chi connectivity index (χ2v) is 3.88. The van der Waals surface area contributed by atoms with Crippen LogP contribution in [0.25, 0.3) is 0 Å². The summed E-state index contributed by atoms with van der Waals surface area (Å²) in [6, 6.07) is 1.73. The molecule has 0 aliphatic carbocycles. The van der Waals surface area contributed by atoms with Gasteiger partial charge in [0.25, 0.3) is 5.91 Å². The Balaban J connectivity index is 2.01. The Morgan fingerprint density at radius 3 is 2.93 bits per heavy atom. The lowest BCUT2D eigenvalue weighted by Gasteiger charge is -2.38. The van der Waals surface area contributed by atoms with E-state index in [1.54, 1.807) is 28.9 Å². The van der Waals surface area contributed by atoms with Crippen LogP contribution in [0.15, 0.2) is 12.3 Å². The predicted molar refractivity (Wildman–Crippen MR) is 53.3 cm³/mol. The Morgan fingerprint density at radius 2 is 2.43 bits per heavy atom. The molecule has 1 fully saturated rings. The quantitative estimate of drug-likeness (QED) is 0.680. The molecule has 0 bridgehead atoms. The van der Waals surface area contributed by atoms with Gasteiger partial charge in [-0.2, -0.15) is 5.10 Å². The average Bonchev–Trinajstić information content (AvgIpc) is 2.49. The van der Waals surface area contributed by atoms with Gasteiger partial charge in [0.2, 0.25) is 0 Å². The Bertz CT molecular complexity index is 344. The molecule has 0 aromatic carbocycles. The summed E-state index contributed by atoms with van der Waals surface area (Å²) in [6.45, 7) is 1.54. The van der Waals surface area contributed by atoms with Crippen LogP contribution in [0.5, 0.6) is 0 Å². The van der Waals surface area contributed by atoms with E-state index in [1.807, 2.05) is 0 Å². The van der Waals surface area contributed by atoms with Crippen molar-refractivity contribution in [2.75, 3.05) is 19.0 Å². The van der Waals surface area contributed by atoms with Crippen molar-refractivity contribution in [2.24, 2.45) is 13.0 Å². The smallest absolute Gasteiger partial charge is 0.272 e. The summed E-state index contributed by atoms with van der Waals surface area (Å²) in [7, 11) is 1.77. The highest BCUT2D eigenvalue weighted by atomic mass is 35.5. The van der Waals surface area contributed by atoms with Crippen molar-refractivity contribution < 1.29 is 4.79 Å². The molecule has 2 rings (SSSR count). The number of carbonyl (C=O) groups excluding carboxylic acids is 1. The maximum absolute atomic E-state index is 11.8. The summed E-state index contributed by atoms with van der Waals surface area (Å²) < 4.78 is 1.59. The minimum Gasteiger partial charge on any atom is -0.337 e. The number of carbonyl (C=O) groups is 1. The van der Waals surface area contributed by atoms with E-state index in [0.29, 0.717) is 17.5 Å². The molecule has 0 atom stereocenters. The zero-order chi connectivity index (χ0) is 10.1. The molecule has 1 aliphatic rings. The number of aromatic nitrogens is 2. The molecular formula is C9H12ClN3O. The van der Waals surface area contributed by atoms with Gasteiger partial charge in [0, 0.05) is 38.1 Å². The third-order valence-corrected chi connectivity index (χ3v) is 2.94. The molecule has 1 aromatic rings. The van der Waals surface area contributed by atoms with E-state index in [-0.39, 0.29) is 5.91 Å². The fraction of sp³-hybridized carbons (Fsp3) is 0.556. The summed E-state index contributed by atoms with van der Waals surface area (Å²) in [4.78, 5) is 13.6. The molecule has 0 saturated carbocycles. The van der Waals surface area contributed by atoms with Gasteiger partial charge in [-0.15, -0.1) is 11.6 Å². The molecular weight excluding hydrogens is 202 g/mol. The van der Waals surface area contributed by atoms with Gasteiger partial charge >= 0.3 is 0 Å². The van der Waals surface area contributed by atoms with Crippen LogP contribution in [-0.4, -0.2) is 39.6 Å². The fourth-order valence-corrected chi connectivity index (χ4v) is 1.77. The van der Waals surface area contributed by atoms with E-state index in [2.05, 4.69) is 5.10 Å². The van der Waals surface area contributed by atoms with E-state index in [4.69, 9.17) is 11.6 Å². The van der Waals surface area contributed by atoms with Gasteiger partial charge in [0.05, 0.1) is 0 Å². The second-order valence-electron chi connectivity index (χ2n) is 3.57. The van der Waals surface area contributed by atoms with Crippen molar-refractivity contribution in [3.63, 3.8) is 0 Å². The van der Waals surface area contributed by atoms with E-state index >= 15 is 0 Å². The lowest BCUT2D eigenvalue weighted by molar-refractivity contribution is 0.0524. The zero-order valence-corrected chi connectivity index (χ0v) is 8.74. The molecule has 14 heavy (non-hydrogen) atoms. The Morgan fingerprint density at radius 1 is 1.71 bits per heavy atom. The van der Waals surface area contributed by atoms with E-state index < -0.39 is 0 Å². The summed E-state index contributed by atoms with van der Waals surface area (Å²) in [5.74, 6) is 1.15. The molecule has 1 aliphatic heterocycles. The third-order valence-electron chi connectivity index (χ3n) is 2.50. The van der Waals surface area contributed by atoms with Gasteiger partial charge in [0.1, 0.15) is 5.69 Å². The maximum Gasteiger partial charge on any atom is 0.272 e. The van der Waals surface area contributed by atoms with Crippen LogP contribution in [0.1, 0.15) is 10.5 Å². The van der Waals surface area contributed by atoms with E-state index in [1.165, 1.54) is 0 Å². The van der Waals surface area contributed by atoms with Crippen molar-refractivity contribution in [1.82, 2.24) is 14.7 Å². The molecule has 76 valence electrons. The maximum atomic E-state index is 11.8. The zero-order valence-electron chi connectivity index (χ0n) is 7.98. The summed E-state index contributed by atoms with van der Waals surface area (Å²) >= 11 is 5.67. The third kappa shape index (κ3) is 1.50. The normalized spacial score (nSPS) is 16.9. The molecule has 1 saturated heterocycles. The fourth-order valence-electron chi connectivity index (χ4n) is 1.58. The van der Waals surface area contributed by atoms with Crippen molar-refractivity contribution in [1.29, 1.82) is 0 Å². The highest BCUT2D eigenvalue weighted by molar-refractivity contribution is 6.18. The minimum absolute atomic E-state index is 0.0476. The Labute approximate surface area is 87.4 Å². The van der Waals surface area contributed by atoms with Gasteiger partial charge in [-0.05, 0) is 6.07 Å². The van der Waals surface area contributed by atoms with Gasteiger partial charge < -0.3 is 4.90 Å². The van der Waals surface area contributed by atoms with E-state index in [0.717, 1.165) is 13.1 Å². The van der Waals surface area contributed by atoms with Crippen LogP contribution in [0.3, 0.4) is 0 Å². The first-order valence-corrected chi connectivity index (χ1v) is 5.09. The number of hydrogen-bond donors (Lipinski definition) is 0. The van der Waals surface area contributed by atoms with Crippen LogP contribution in [0.2, 0.25) is 0 Å². The monoisotopic (exact) mass is 213 g/mol. The summed E-state index contributed by atoms with van der Waals surface area (Å²) in [5.41, 5.74) is 0.637. The summed E-state index contributed by atoms with van der Waals surface area (Å²) in [5, 5.41) is 3.96. The first-order valence-electron chi connectivity index (χ1n) is 4.55. The molecule has 1 aromatic heterocycles. The molecule has 0 N–H and O–H groups in total. The number of rotatable bonds is 2. The second kappa shape index (κ2) is 3.61. The standard InChI is InChI=1S/C9H12ClN3O/c1-12-8(2-3-11-12)9(14)13-5-7(4-10)6-13/h2-3,7H,4-6H2,1H3. The number of hydrogen-bond acceptors (Lipinski definition) is 2. The van der Waals surface area contributed by atoms with Crippen molar-refractivity contribution >= 4 is 17.5 Å². The van der Waals surface area contributed by atoms with Crippen molar-refractivity contribution in [3.8, 4) is 0 Å². The first kappa shape index (κ1) is 9.52. The number of aryl methyl sites for hydroxylation is 1. The number of likely N-dealkylation sites (tertiary alicyclic amines) is 1. The SMILES string of the molecule is Cn1nccc1C(=O)N1CC(CCl)C1. The average molecular weight is 214 g/mol. The topological polar surface area (TPSA) is 38.1 Å². The Hall–Kier alpha value is -1.03. The van der Waals surface area contributed by atoms with Gasteiger partial charge in [0.15, 0.2) is 0 Å². The lowest BCUT2D eigenvalue weighted by atomic mass is 10.0. The Kier molecular flexibility index (Phi) is 2.46. The first-order chi connectivity index (χ1) is 6.72. The molecule has 0 radical (unpaired) electrons. The minimum atomic E-state index is 0.0476. The lowest BCUT2D eigenvalue weighted by Crippen LogP contribution is -2.51. The number of nitrogens with zero attached hydrogens (tertiary/aromatic N) is 3.